The quantitative estimate of drug-likeness (QED) is 0.149. The second-order valence-electron chi connectivity index (χ2n) is 10.4. The van der Waals surface area contributed by atoms with Gasteiger partial charge in [0, 0.05) is 35.9 Å². The topological polar surface area (TPSA) is 198 Å². The lowest BCUT2D eigenvalue weighted by Gasteiger charge is -2.49. The van der Waals surface area contributed by atoms with Crippen LogP contribution in [0.4, 0.5) is 4.39 Å². The van der Waals surface area contributed by atoms with Crippen molar-refractivity contribution in [1.29, 1.82) is 0 Å². The van der Waals surface area contributed by atoms with E-state index in [1.165, 1.54) is 52.9 Å². The molecule has 2 aliphatic rings. The van der Waals surface area contributed by atoms with Crippen LogP contribution in [0.25, 0.3) is 16.8 Å². The van der Waals surface area contributed by atoms with Crippen LogP contribution < -0.4 is 21.0 Å². The Morgan fingerprint density at radius 2 is 1.98 bits per heavy atom. The van der Waals surface area contributed by atoms with Crippen LogP contribution in [0.5, 0.6) is 0 Å². The lowest BCUT2D eigenvalue weighted by molar-refractivity contribution is -0.689. The summed E-state index contributed by atoms with van der Waals surface area (Å²) in [5.41, 5.74) is 1.41. The fraction of sp³-hybridized carbons (Fsp3) is 0.250. The molecule has 0 bridgehead atoms. The van der Waals surface area contributed by atoms with Crippen LogP contribution in [0.1, 0.15) is 12.7 Å². The van der Waals surface area contributed by atoms with E-state index in [9.17, 15) is 29.1 Å². The molecule has 0 unspecified atom stereocenters. The number of oxazole rings is 1. The number of β-lactam (4-membered cyclic amide) rings is 1. The van der Waals surface area contributed by atoms with Crippen LogP contribution in [-0.2, 0) is 38.8 Å². The Morgan fingerprint density at radius 1 is 1.20 bits per heavy atom. The van der Waals surface area contributed by atoms with Crippen molar-refractivity contribution >= 4 is 35.5 Å². The van der Waals surface area contributed by atoms with Gasteiger partial charge in [0.1, 0.15) is 41.6 Å². The predicted molar refractivity (Wildman–Crippen MR) is 155 cm³/mol. The Balaban J connectivity index is 1.14. The van der Waals surface area contributed by atoms with Crippen molar-refractivity contribution in [3.05, 3.63) is 88.6 Å². The summed E-state index contributed by atoms with van der Waals surface area (Å²) in [5.74, 6) is -3.36. The number of carboxylic acid groups (broad SMARTS) is 1. The number of tetrazole rings is 1. The summed E-state index contributed by atoms with van der Waals surface area (Å²) in [4.78, 5) is 62.1. The highest BCUT2D eigenvalue weighted by atomic mass is 32.2. The first-order chi connectivity index (χ1) is 22.1. The minimum Gasteiger partial charge on any atom is -0.477 e. The molecule has 4 aromatic rings. The van der Waals surface area contributed by atoms with Crippen molar-refractivity contribution in [2.45, 2.75) is 38.0 Å². The zero-order valence-corrected chi connectivity index (χ0v) is 24.8. The third kappa shape index (κ3) is 6.01. The van der Waals surface area contributed by atoms with Crippen molar-refractivity contribution < 1.29 is 37.7 Å². The van der Waals surface area contributed by atoms with E-state index in [0.717, 1.165) is 4.57 Å². The van der Waals surface area contributed by atoms with E-state index < -0.39 is 40.8 Å². The van der Waals surface area contributed by atoms with Gasteiger partial charge in [-0.05, 0) is 34.2 Å². The number of rotatable bonds is 10. The van der Waals surface area contributed by atoms with Gasteiger partial charge in [0.15, 0.2) is 18.9 Å². The Labute approximate surface area is 262 Å². The number of pyridine rings is 1. The van der Waals surface area contributed by atoms with Crippen LogP contribution in [0.15, 0.2) is 75.7 Å². The third-order valence-electron chi connectivity index (χ3n) is 7.27. The number of carbonyl (C=O) groups excluding carboxylic acids is 3. The molecule has 1 fully saturated rings. The minimum absolute atomic E-state index is 0.0171. The Kier molecular flexibility index (Phi) is 8.18. The van der Waals surface area contributed by atoms with Crippen LogP contribution >= 0.6 is 11.8 Å². The van der Waals surface area contributed by atoms with Crippen molar-refractivity contribution in [3.8, 4) is 16.8 Å². The van der Waals surface area contributed by atoms with Crippen molar-refractivity contribution in [2.75, 3.05) is 5.75 Å². The lowest BCUT2D eigenvalue weighted by atomic mass is 10.0. The molecule has 6 rings (SSSR count). The SMILES string of the molecule is CC(=O)NCc1cn(-c2ccc(-c3cc[n+](CC4=C(C(=O)O)N5C(=O)[C@H](NC(=O)Cn6cnnn6)[C@@H]5SC4)cc3)c(F)c2)c(=O)o1. The largest absolute Gasteiger partial charge is 0.477 e. The molecule has 1 saturated heterocycles. The molecular weight excluding hydrogens is 625 g/mol. The number of hydrogen-bond acceptors (Lipinski definition) is 10. The molecule has 3 amide bonds. The van der Waals surface area contributed by atoms with Crippen molar-refractivity contribution in [2.24, 2.45) is 0 Å². The number of benzene rings is 1. The third-order valence-corrected chi connectivity index (χ3v) is 8.61. The highest BCUT2D eigenvalue weighted by molar-refractivity contribution is 8.00. The van der Waals surface area contributed by atoms with E-state index in [4.69, 9.17) is 4.42 Å². The summed E-state index contributed by atoms with van der Waals surface area (Å²) in [5, 5.41) is 25.1. The van der Waals surface area contributed by atoms with E-state index in [1.54, 1.807) is 35.2 Å². The van der Waals surface area contributed by atoms with Gasteiger partial charge in [0.05, 0.1) is 18.4 Å². The van der Waals surface area contributed by atoms with E-state index in [-0.39, 0.29) is 48.2 Å². The van der Waals surface area contributed by atoms with Gasteiger partial charge in [0.2, 0.25) is 11.8 Å². The van der Waals surface area contributed by atoms with Gasteiger partial charge in [0.25, 0.3) is 5.91 Å². The maximum atomic E-state index is 15.2. The summed E-state index contributed by atoms with van der Waals surface area (Å²) in [6.07, 6.45) is 5.98. The molecule has 236 valence electrons. The van der Waals surface area contributed by atoms with Gasteiger partial charge in [-0.1, -0.05) is 0 Å². The van der Waals surface area contributed by atoms with E-state index in [1.807, 2.05) is 0 Å². The molecule has 0 radical (unpaired) electrons. The number of carboxylic acids is 1. The van der Waals surface area contributed by atoms with E-state index in [2.05, 4.69) is 26.2 Å². The summed E-state index contributed by atoms with van der Waals surface area (Å²) >= 11 is 1.34. The second-order valence-corrected chi connectivity index (χ2v) is 11.5. The summed E-state index contributed by atoms with van der Waals surface area (Å²) in [6.45, 7) is 1.32. The van der Waals surface area contributed by atoms with Gasteiger partial charge in [-0.15, -0.1) is 16.9 Å². The Hall–Kier alpha value is -5.65. The number of nitrogens with zero attached hydrogens (tertiary/aromatic N) is 7. The molecule has 18 heteroatoms. The predicted octanol–water partition coefficient (Wildman–Crippen LogP) is -0.414. The van der Waals surface area contributed by atoms with Gasteiger partial charge in [-0.2, -0.15) is 0 Å². The molecule has 0 spiro atoms. The molecule has 5 heterocycles. The molecule has 2 aliphatic heterocycles. The zero-order chi connectivity index (χ0) is 32.5. The van der Waals surface area contributed by atoms with E-state index in [0.29, 0.717) is 16.9 Å². The summed E-state index contributed by atoms with van der Waals surface area (Å²) in [6, 6.07) is 6.73. The Morgan fingerprint density at radius 3 is 2.65 bits per heavy atom. The smallest absolute Gasteiger partial charge is 0.423 e. The molecule has 16 nitrogen and oxygen atoms in total. The fourth-order valence-corrected chi connectivity index (χ4v) is 6.47. The van der Waals surface area contributed by atoms with Gasteiger partial charge >= 0.3 is 11.7 Å². The molecular formula is C28H25FN9O7S+. The first-order valence-corrected chi connectivity index (χ1v) is 14.8. The standard InChI is InChI=1S/C28H24FN9O7S/c1-15(39)30-9-19-11-37(28(44)45-19)18-2-3-20(21(29)8-18)16-4-6-35(7-5-16)10-17-13-46-26-23(25(41)38(26)24(17)27(42)43)32-22(40)12-36-14-31-33-34-36/h2-8,11,14,23,26H,9-10,12-13H2,1H3,(H2-,30,32,39,40,42,43)/p+1/t23-,26-/m0/s1. The van der Waals surface area contributed by atoms with Crippen LogP contribution in [0.2, 0.25) is 0 Å². The van der Waals surface area contributed by atoms with Crippen molar-refractivity contribution in [1.82, 2.24) is 40.3 Å². The van der Waals surface area contributed by atoms with Crippen LogP contribution in [-0.4, -0.2) is 75.6 Å². The molecule has 0 aliphatic carbocycles. The Bertz CT molecular complexity index is 1940. The number of amides is 3. The number of halogens is 1. The maximum absolute atomic E-state index is 15.2. The number of thioether (sulfide) groups is 1. The summed E-state index contributed by atoms with van der Waals surface area (Å²) in [7, 11) is 0. The van der Waals surface area contributed by atoms with Gasteiger partial charge in [-0.25, -0.2) is 27.8 Å². The number of nitrogens with one attached hydrogen (secondary N) is 2. The molecule has 0 saturated carbocycles. The molecule has 3 aromatic heterocycles. The minimum atomic E-state index is -1.26. The highest BCUT2D eigenvalue weighted by Gasteiger charge is 2.54. The molecule has 46 heavy (non-hydrogen) atoms. The average molecular weight is 651 g/mol. The second kappa shape index (κ2) is 12.4. The zero-order valence-electron chi connectivity index (χ0n) is 24.0. The van der Waals surface area contributed by atoms with Crippen LogP contribution in [0, 0.1) is 5.82 Å². The number of hydrogen-bond donors (Lipinski definition) is 3. The van der Waals surface area contributed by atoms with Gasteiger partial charge in [-0.3, -0.25) is 19.3 Å². The molecule has 2 atom stereocenters. The first kappa shape index (κ1) is 30.4. The van der Waals surface area contributed by atoms with Crippen LogP contribution in [0.3, 0.4) is 0 Å². The number of aromatic nitrogens is 6. The highest BCUT2D eigenvalue weighted by Crippen LogP contribution is 2.40. The van der Waals surface area contributed by atoms with E-state index >= 15 is 4.39 Å². The monoisotopic (exact) mass is 650 g/mol. The first-order valence-electron chi connectivity index (χ1n) is 13.7. The molecule has 1 aromatic carbocycles. The number of fused-ring (bicyclic) bond motifs is 1. The van der Waals surface area contributed by atoms with Crippen molar-refractivity contribution in [3.63, 3.8) is 0 Å². The fourth-order valence-electron chi connectivity index (χ4n) is 5.13. The molecule has 3 N–H and O–H groups in total. The number of carbonyl (C=O) groups is 4. The average Bonchev–Trinajstić information content (AvgIpc) is 3.68. The summed E-state index contributed by atoms with van der Waals surface area (Å²) < 4.78 is 24.4. The number of aliphatic carboxylic acids is 1. The normalized spacial score (nSPS) is 17.3. The maximum Gasteiger partial charge on any atom is 0.423 e. The van der Waals surface area contributed by atoms with Gasteiger partial charge < -0.3 is 20.2 Å². The lowest BCUT2D eigenvalue weighted by Crippen LogP contribution is -2.71.